The fourth-order valence-corrected chi connectivity index (χ4v) is 3.06. The van der Waals surface area contributed by atoms with Crippen LogP contribution in [-0.2, 0) is 11.2 Å². The third-order valence-corrected chi connectivity index (χ3v) is 4.19. The van der Waals surface area contributed by atoms with Gasteiger partial charge in [-0.3, -0.25) is 9.59 Å². The number of fused-ring (bicyclic) bond motifs is 1. The number of rotatable bonds is 4. The Bertz CT molecular complexity index is 982. The molecule has 3 aromatic rings. The molecule has 0 saturated carbocycles. The monoisotopic (exact) mass is 335 g/mol. The lowest BCUT2D eigenvalue weighted by molar-refractivity contribution is -0.116. The van der Waals surface area contributed by atoms with Crippen molar-refractivity contribution in [2.45, 2.75) is 33.6 Å². The average Bonchev–Trinajstić information content (AvgIpc) is 2.56. The number of carbonyl (C=O) groups excluding carboxylic acids is 1. The third-order valence-electron chi connectivity index (χ3n) is 4.19. The summed E-state index contributed by atoms with van der Waals surface area (Å²) in [6, 6.07) is 11.3. The van der Waals surface area contributed by atoms with Crippen molar-refractivity contribution in [2.75, 3.05) is 5.32 Å². The summed E-state index contributed by atoms with van der Waals surface area (Å²) in [5.41, 5.74) is 4.59. The molecule has 0 spiro atoms. The van der Waals surface area contributed by atoms with Crippen molar-refractivity contribution in [3.63, 3.8) is 0 Å². The largest absolute Gasteiger partial charge is 0.326 e. The van der Waals surface area contributed by atoms with Crippen LogP contribution >= 0.6 is 0 Å². The maximum Gasteiger partial charge on any atom is 0.258 e. The highest BCUT2D eigenvalue weighted by atomic mass is 16.1. The molecule has 1 aromatic heterocycles. The molecule has 1 heterocycles. The third kappa shape index (κ3) is 3.76. The van der Waals surface area contributed by atoms with Gasteiger partial charge in [0.15, 0.2) is 0 Å². The quantitative estimate of drug-likeness (QED) is 0.767. The Morgan fingerprint density at radius 2 is 1.80 bits per heavy atom. The number of hydrogen-bond donors (Lipinski definition) is 2. The minimum absolute atomic E-state index is 0.0918. The van der Waals surface area contributed by atoms with Gasteiger partial charge in [0.05, 0.1) is 10.9 Å². The first-order valence-corrected chi connectivity index (χ1v) is 8.29. The molecule has 128 valence electrons. The summed E-state index contributed by atoms with van der Waals surface area (Å²) < 4.78 is 0. The van der Waals surface area contributed by atoms with Gasteiger partial charge in [-0.2, -0.15) is 0 Å². The lowest BCUT2D eigenvalue weighted by atomic mass is 10.0. The molecule has 0 saturated heterocycles. The van der Waals surface area contributed by atoms with Crippen LogP contribution in [0.3, 0.4) is 0 Å². The van der Waals surface area contributed by atoms with E-state index >= 15 is 0 Å². The van der Waals surface area contributed by atoms with Gasteiger partial charge in [-0.15, -0.1) is 0 Å². The van der Waals surface area contributed by atoms with E-state index in [2.05, 4.69) is 15.3 Å². The second kappa shape index (κ2) is 6.89. The first kappa shape index (κ1) is 16.9. The lowest BCUT2D eigenvalue weighted by Gasteiger charge is -2.12. The van der Waals surface area contributed by atoms with Crippen LogP contribution in [0.4, 0.5) is 5.69 Å². The zero-order valence-corrected chi connectivity index (χ0v) is 14.6. The predicted molar refractivity (Wildman–Crippen MR) is 100.0 cm³/mol. The van der Waals surface area contributed by atoms with Gasteiger partial charge in [0.1, 0.15) is 5.82 Å². The van der Waals surface area contributed by atoms with Crippen LogP contribution in [0.2, 0.25) is 0 Å². The second-order valence-corrected chi connectivity index (χ2v) is 6.35. The Morgan fingerprint density at radius 3 is 2.52 bits per heavy atom. The summed E-state index contributed by atoms with van der Waals surface area (Å²) in [4.78, 5) is 31.5. The van der Waals surface area contributed by atoms with Crippen LogP contribution < -0.4 is 10.9 Å². The number of para-hydroxylation sites is 1. The van der Waals surface area contributed by atoms with Gasteiger partial charge >= 0.3 is 0 Å². The van der Waals surface area contributed by atoms with E-state index in [-0.39, 0.29) is 17.9 Å². The summed E-state index contributed by atoms with van der Waals surface area (Å²) in [5.74, 6) is 0.432. The minimum Gasteiger partial charge on any atom is -0.326 e. The molecule has 1 amide bonds. The van der Waals surface area contributed by atoms with Crippen LogP contribution in [0.15, 0.2) is 41.2 Å². The van der Waals surface area contributed by atoms with Gasteiger partial charge in [0, 0.05) is 18.5 Å². The Labute approximate surface area is 146 Å². The van der Waals surface area contributed by atoms with Crippen molar-refractivity contribution in [3.05, 3.63) is 69.3 Å². The van der Waals surface area contributed by atoms with Crippen LogP contribution in [0.1, 0.15) is 28.9 Å². The smallest absolute Gasteiger partial charge is 0.258 e. The topological polar surface area (TPSA) is 74.8 Å². The molecule has 5 heteroatoms. The Balaban J connectivity index is 1.72. The van der Waals surface area contributed by atoms with Crippen molar-refractivity contribution in [1.29, 1.82) is 0 Å². The van der Waals surface area contributed by atoms with Gasteiger partial charge in [0.2, 0.25) is 5.91 Å². The van der Waals surface area contributed by atoms with E-state index in [4.69, 9.17) is 0 Å². The number of aryl methyl sites for hydroxylation is 4. The number of amides is 1. The van der Waals surface area contributed by atoms with E-state index in [9.17, 15) is 9.59 Å². The Morgan fingerprint density at radius 1 is 1.12 bits per heavy atom. The highest BCUT2D eigenvalue weighted by Gasteiger charge is 2.10. The molecule has 0 aliphatic carbocycles. The molecule has 0 bridgehead atoms. The lowest BCUT2D eigenvalue weighted by Crippen LogP contribution is -2.17. The Hall–Kier alpha value is -2.95. The molecule has 0 aliphatic heterocycles. The van der Waals surface area contributed by atoms with E-state index in [1.807, 2.05) is 39.0 Å². The molecule has 0 atom stereocenters. The zero-order valence-electron chi connectivity index (χ0n) is 14.6. The Kier molecular flexibility index (Phi) is 4.65. The molecule has 0 aliphatic rings. The number of aromatic amines is 1. The highest BCUT2D eigenvalue weighted by molar-refractivity contribution is 5.92. The number of aromatic nitrogens is 2. The fourth-order valence-electron chi connectivity index (χ4n) is 3.06. The normalized spacial score (nSPS) is 10.8. The molecule has 2 aromatic carbocycles. The number of H-pyrrole nitrogens is 1. The standard InChI is InChI=1S/C20H21N3O2/c1-12-10-13(2)19(14(3)11-12)23-18(24)9-8-17-21-16-7-5-4-6-15(16)20(25)22-17/h4-7,10-11H,8-9H2,1-3H3,(H,23,24)(H,21,22,25). The van der Waals surface area contributed by atoms with Crippen molar-refractivity contribution in [1.82, 2.24) is 9.97 Å². The maximum atomic E-state index is 12.3. The zero-order chi connectivity index (χ0) is 18.0. The van der Waals surface area contributed by atoms with Crippen LogP contribution in [0.25, 0.3) is 10.9 Å². The summed E-state index contributed by atoms with van der Waals surface area (Å²) >= 11 is 0. The molecule has 0 radical (unpaired) electrons. The summed E-state index contributed by atoms with van der Waals surface area (Å²) in [6.45, 7) is 6.00. The summed E-state index contributed by atoms with van der Waals surface area (Å²) in [5, 5.41) is 3.53. The molecule has 2 N–H and O–H groups in total. The second-order valence-electron chi connectivity index (χ2n) is 6.35. The maximum absolute atomic E-state index is 12.3. The molecule has 0 unspecified atom stereocenters. The van der Waals surface area contributed by atoms with Crippen LogP contribution in [0.5, 0.6) is 0 Å². The summed E-state index contributed by atoms with van der Waals surface area (Å²) in [6.07, 6.45) is 0.643. The van der Waals surface area contributed by atoms with Crippen LogP contribution in [0, 0.1) is 20.8 Å². The molecule has 0 fully saturated rings. The van der Waals surface area contributed by atoms with Crippen molar-refractivity contribution in [2.24, 2.45) is 0 Å². The van der Waals surface area contributed by atoms with Gasteiger partial charge in [-0.1, -0.05) is 29.8 Å². The number of nitrogens with one attached hydrogen (secondary N) is 2. The molecule has 5 nitrogen and oxygen atoms in total. The van der Waals surface area contributed by atoms with Gasteiger partial charge in [-0.05, 0) is 44.0 Å². The number of anilines is 1. The molecule has 3 rings (SSSR count). The molecular weight excluding hydrogens is 314 g/mol. The van der Waals surface area contributed by atoms with E-state index in [0.29, 0.717) is 23.1 Å². The van der Waals surface area contributed by atoms with Gasteiger partial charge in [-0.25, -0.2) is 4.98 Å². The first-order chi connectivity index (χ1) is 11.9. The van der Waals surface area contributed by atoms with E-state index in [1.165, 1.54) is 5.56 Å². The van der Waals surface area contributed by atoms with E-state index < -0.39 is 0 Å². The number of carbonyl (C=O) groups is 1. The molecule has 25 heavy (non-hydrogen) atoms. The predicted octanol–water partition coefficient (Wildman–Crippen LogP) is 3.42. The SMILES string of the molecule is Cc1cc(C)c(NC(=O)CCc2nc3ccccc3c(=O)[nH]2)c(C)c1. The molecular formula is C20H21N3O2. The first-order valence-electron chi connectivity index (χ1n) is 8.29. The van der Waals surface area contributed by atoms with Crippen molar-refractivity contribution < 1.29 is 4.79 Å². The van der Waals surface area contributed by atoms with Crippen LogP contribution in [-0.4, -0.2) is 15.9 Å². The van der Waals surface area contributed by atoms with Crippen molar-refractivity contribution >= 4 is 22.5 Å². The van der Waals surface area contributed by atoms with Gasteiger partial charge < -0.3 is 10.3 Å². The number of hydrogen-bond acceptors (Lipinski definition) is 3. The average molecular weight is 335 g/mol. The van der Waals surface area contributed by atoms with Gasteiger partial charge in [0.25, 0.3) is 5.56 Å². The van der Waals surface area contributed by atoms with E-state index in [1.54, 1.807) is 18.2 Å². The van der Waals surface area contributed by atoms with Crippen molar-refractivity contribution in [3.8, 4) is 0 Å². The number of benzene rings is 2. The summed E-state index contributed by atoms with van der Waals surface area (Å²) in [7, 11) is 0. The number of nitrogens with zero attached hydrogens (tertiary/aromatic N) is 1. The van der Waals surface area contributed by atoms with E-state index in [0.717, 1.165) is 16.8 Å². The minimum atomic E-state index is -0.175. The fraction of sp³-hybridized carbons (Fsp3) is 0.250. The highest BCUT2D eigenvalue weighted by Crippen LogP contribution is 2.22.